The van der Waals surface area contributed by atoms with Gasteiger partial charge in [0.15, 0.2) is 6.19 Å². The number of anilines is 1. The molecule has 1 aromatic carbocycles. The van der Waals surface area contributed by atoms with Gasteiger partial charge in [-0.1, -0.05) is 23.3 Å². The molecule has 0 aliphatic rings. The second-order valence-electron chi connectivity index (χ2n) is 1.94. The van der Waals surface area contributed by atoms with Crippen molar-refractivity contribution < 1.29 is 0 Å². The van der Waals surface area contributed by atoms with Crippen LogP contribution in [0.4, 0.5) is 11.4 Å². The molecule has 1 rings (SSSR count). The standard InChI is InChI=1S/C7H5N5/c8-5-10-6-3-1-2-4-7(6)11-12-9/h1-4,10H. The molecule has 0 heterocycles. The molecule has 0 aromatic heterocycles. The Hall–Kier alpha value is -2.18. The van der Waals surface area contributed by atoms with Gasteiger partial charge in [0.1, 0.15) is 0 Å². The van der Waals surface area contributed by atoms with E-state index in [9.17, 15) is 0 Å². The number of nitrogens with zero attached hydrogens (tertiary/aromatic N) is 4. The summed E-state index contributed by atoms with van der Waals surface area (Å²) in [5.74, 6) is 0. The van der Waals surface area contributed by atoms with E-state index in [1.165, 1.54) is 0 Å². The van der Waals surface area contributed by atoms with E-state index in [1.807, 2.05) is 0 Å². The third-order valence-corrected chi connectivity index (χ3v) is 1.25. The molecular weight excluding hydrogens is 154 g/mol. The molecule has 0 aliphatic heterocycles. The van der Waals surface area contributed by atoms with Gasteiger partial charge in [0.25, 0.3) is 0 Å². The lowest BCUT2D eigenvalue weighted by Crippen LogP contribution is -1.85. The first-order valence-corrected chi connectivity index (χ1v) is 3.17. The summed E-state index contributed by atoms with van der Waals surface area (Å²) < 4.78 is 0. The Morgan fingerprint density at radius 1 is 1.50 bits per heavy atom. The molecule has 0 spiro atoms. The molecule has 5 nitrogen and oxygen atoms in total. The number of benzene rings is 1. The van der Waals surface area contributed by atoms with Gasteiger partial charge in [-0.25, -0.2) is 0 Å². The average molecular weight is 159 g/mol. The summed E-state index contributed by atoms with van der Waals surface area (Å²) in [5, 5.41) is 14.1. The topological polar surface area (TPSA) is 84.6 Å². The Morgan fingerprint density at radius 3 is 2.92 bits per heavy atom. The van der Waals surface area contributed by atoms with Crippen LogP contribution in [0.1, 0.15) is 0 Å². The number of para-hydroxylation sites is 1. The number of rotatable bonds is 2. The van der Waals surface area contributed by atoms with Crippen LogP contribution in [0, 0.1) is 11.5 Å². The van der Waals surface area contributed by atoms with Crippen molar-refractivity contribution in [3.8, 4) is 6.19 Å². The van der Waals surface area contributed by atoms with Crippen molar-refractivity contribution in [3.63, 3.8) is 0 Å². The summed E-state index contributed by atoms with van der Waals surface area (Å²) in [6.07, 6.45) is 1.75. The predicted molar refractivity (Wildman–Crippen MR) is 44.5 cm³/mol. The molecule has 0 unspecified atom stereocenters. The third kappa shape index (κ3) is 1.66. The first-order valence-electron chi connectivity index (χ1n) is 3.17. The van der Waals surface area contributed by atoms with Crippen LogP contribution in [0.15, 0.2) is 29.4 Å². The molecule has 1 N–H and O–H groups in total. The fourth-order valence-corrected chi connectivity index (χ4v) is 0.775. The van der Waals surface area contributed by atoms with Crippen LogP contribution in [0.5, 0.6) is 0 Å². The summed E-state index contributed by atoms with van der Waals surface area (Å²) in [7, 11) is 0. The molecule has 12 heavy (non-hydrogen) atoms. The van der Waals surface area contributed by atoms with E-state index >= 15 is 0 Å². The second-order valence-corrected chi connectivity index (χ2v) is 1.94. The van der Waals surface area contributed by atoms with Gasteiger partial charge in [-0.15, -0.1) is 0 Å². The highest BCUT2D eigenvalue weighted by molar-refractivity contribution is 5.66. The number of hydrogen-bond acceptors (Lipinski definition) is 3. The first kappa shape index (κ1) is 7.92. The lowest BCUT2D eigenvalue weighted by atomic mass is 10.3. The minimum atomic E-state index is 0.418. The summed E-state index contributed by atoms with van der Waals surface area (Å²) in [4.78, 5) is 2.62. The second kappa shape index (κ2) is 3.86. The molecule has 0 bridgehead atoms. The quantitative estimate of drug-likeness (QED) is 0.236. The molecule has 5 heteroatoms. The zero-order valence-electron chi connectivity index (χ0n) is 6.10. The van der Waals surface area contributed by atoms with E-state index in [-0.39, 0.29) is 0 Å². The van der Waals surface area contributed by atoms with Crippen molar-refractivity contribution >= 4 is 11.4 Å². The summed E-state index contributed by atoms with van der Waals surface area (Å²) in [5.41, 5.74) is 9.09. The highest BCUT2D eigenvalue weighted by Crippen LogP contribution is 2.23. The molecule has 0 amide bonds. The van der Waals surface area contributed by atoms with Gasteiger partial charge in [-0.3, -0.25) is 5.32 Å². The lowest BCUT2D eigenvalue weighted by Gasteiger charge is -1.99. The van der Waals surface area contributed by atoms with E-state index in [0.717, 1.165) is 0 Å². The van der Waals surface area contributed by atoms with Crippen molar-refractivity contribution in [2.24, 2.45) is 5.11 Å². The summed E-state index contributed by atoms with van der Waals surface area (Å²) >= 11 is 0. The minimum absolute atomic E-state index is 0.418. The van der Waals surface area contributed by atoms with Gasteiger partial charge in [0.05, 0.1) is 11.4 Å². The van der Waals surface area contributed by atoms with Gasteiger partial charge >= 0.3 is 0 Å². The Labute approximate surface area is 68.9 Å². The fraction of sp³-hybridized carbons (Fsp3) is 0. The molecule has 58 valence electrons. The number of azide groups is 1. The minimum Gasteiger partial charge on any atom is -0.292 e. The highest BCUT2D eigenvalue weighted by atomic mass is 15.1. The van der Waals surface area contributed by atoms with Crippen LogP contribution < -0.4 is 5.32 Å². The smallest absolute Gasteiger partial charge is 0.181 e. The Kier molecular flexibility index (Phi) is 2.55. The Bertz CT molecular complexity index is 358. The van der Waals surface area contributed by atoms with Crippen LogP contribution in [0.2, 0.25) is 0 Å². The van der Waals surface area contributed by atoms with Gasteiger partial charge in [-0.2, -0.15) is 5.26 Å². The SMILES string of the molecule is N#CNc1ccccc1N=[N+]=[N-]. The summed E-state index contributed by atoms with van der Waals surface area (Å²) in [6, 6.07) is 6.76. The molecule has 1 aromatic rings. The van der Waals surface area contributed by atoms with E-state index in [4.69, 9.17) is 10.8 Å². The van der Waals surface area contributed by atoms with E-state index in [2.05, 4.69) is 15.3 Å². The zero-order valence-corrected chi connectivity index (χ0v) is 6.10. The number of nitrogens with one attached hydrogen (secondary N) is 1. The normalized spacial score (nSPS) is 7.92. The number of hydrogen-bond donors (Lipinski definition) is 1. The van der Waals surface area contributed by atoms with Crippen molar-refractivity contribution in [1.82, 2.24) is 0 Å². The van der Waals surface area contributed by atoms with Gasteiger partial charge in [0, 0.05) is 4.91 Å². The monoisotopic (exact) mass is 159 g/mol. The molecule has 0 saturated carbocycles. The lowest BCUT2D eigenvalue weighted by molar-refractivity contribution is 1.43. The van der Waals surface area contributed by atoms with E-state index in [1.54, 1.807) is 30.5 Å². The third-order valence-electron chi connectivity index (χ3n) is 1.25. The maximum absolute atomic E-state index is 8.32. The van der Waals surface area contributed by atoms with Crippen LogP contribution in [-0.2, 0) is 0 Å². The van der Waals surface area contributed by atoms with Crippen molar-refractivity contribution in [1.29, 1.82) is 5.26 Å². The Morgan fingerprint density at radius 2 is 2.25 bits per heavy atom. The molecule has 0 radical (unpaired) electrons. The van der Waals surface area contributed by atoms with Gasteiger partial charge in [-0.05, 0) is 11.6 Å². The van der Waals surface area contributed by atoms with Crippen LogP contribution in [-0.4, -0.2) is 0 Å². The maximum Gasteiger partial charge on any atom is 0.181 e. The molecule has 0 atom stereocenters. The van der Waals surface area contributed by atoms with E-state index < -0.39 is 0 Å². The van der Waals surface area contributed by atoms with E-state index in [0.29, 0.717) is 11.4 Å². The van der Waals surface area contributed by atoms with Gasteiger partial charge in [0.2, 0.25) is 0 Å². The molecule has 0 fully saturated rings. The molecular formula is C7H5N5. The zero-order chi connectivity index (χ0) is 8.81. The Balaban J connectivity index is 3.09. The van der Waals surface area contributed by atoms with Crippen LogP contribution >= 0.6 is 0 Å². The van der Waals surface area contributed by atoms with Crippen LogP contribution in [0.25, 0.3) is 10.4 Å². The largest absolute Gasteiger partial charge is 0.292 e. The van der Waals surface area contributed by atoms with Gasteiger partial charge < -0.3 is 0 Å². The van der Waals surface area contributed by atoms with Crippen molar-refractivity contribution in [2.45, 2.75) is 0 Å². The first-order chi connectivity index (χ1) is 5.88. The highest BCUT2D eigenvalue weighted by Gasteiger charge is 1.95. The summed E-state index contributed by atoms with van der Waals surface area (Å²) in [6.45, 7) is 0. The fourth-order valence-electron chi connectivity index (χ4n) is 0.775. The molecule has 0 aliphatic carbocycles. The molecule has 0 saturated heterocycles. The number of nitriles is 1. The average Bonchev–Trinajstić information content (AvgIpc) is 2.09. The van der Waals surface area contributed by atoms with Crippen LogP contribution in [0.3, 0.4) is 0 Å². The van der Waals surface area contributed by atoms with Crippen molar-refractivity contribution in [2.75, 3.05) is 5.32 Å². The predicted octanol–water partition coefficient (Wildman–Crippen LogP) is 2.52. The van der Waals surface area contributed by atoms with Crippen molar-refractivity contribution in [3.05, 3.63) is 34.7 Å². The maximum atomic E-state index is 8.32.